The van der Waals surface area contributed by atoms with Gasteiger partial charge in [-0.05, 0) is 55.3 Å². The Hall–Kier alpha value is -1.81. The van der Waals surface area contributed by atoms with Gasteiger partial charge in [0.05, 0.1) is 0 Å². The van der Waals surface area contributed by atoms with E-state index < -0.39 is 0 Å². The van der Waals surface area contributed by atoms with Crippen molar-refractivity contribution in [3.63, 3.8) is 0 Å². The van der Waals surface area contributed by atoms with Crippen LogP contribution in [0.15, 0.2) is 54.6 Å². The quantitative estimate of drug-likeness (QED) is 0.661. The van der Waals surface area contributed by atoms with Crippen molar-refractivity contribution in [2.45, 2.75) is 32.5 Å². The number of amides is 1. The highest BCUT2D eigenvalue weighted by Crippen LogP contribution is 2.20. The van der Waals surface area contributed by atoms with Gasteiger partial charge in [-0.15, -0.1) is 0 Å². The van der Waals surface area contributed by atoms with Gasteiger partial charge in [0, 0.05) is 47.8 Å². The highest BCUT2D eigenvalue weighted by Gasteiger charge is 2.30. The van der Waals surface area contributed by atoms with Crippen molar-refractivity contribution >= 4 is 35.2 Å². The van der Waals surface area contributed by atoms with Crippen LogP contribution in [0.5, 0.6) is 0 Å². The molecular formula is C22H24Cl2N2O. The third kappa shape index (κ3) is 5.35. The van der Waals surface area contributed by atoms with Crippen LogP contribution >= 0.6 is 23.2 Å². The Morgan fingerprint density at radius 2 is 1.56 bits per heavy atom. The lowest BCUT2D eigenvalue weighted by Gasteiger charge is -2.44. The summed E-state index contributed by atoms with van der Waals surface area (Å²) in [4.78, 5) is 17.0. The van der Waals surface area contributed by atoms with Gasteiger partial charge in [-0.1, -0.05) is 47.5 Å². The van der Waals surface area contributed by atoms with E-state index in [-0.39, 0.29) is 11.9 Å². The maximum absolute atomic E-state index is 12.7. The molecule has 0 bridgehead atoms. The first kappa shape index (κ1) is 19.9. The Kier molecular flexibility index (Phi) is 6.59. The van der Waals surface area contributed by atoms with E-state index in [1.54, 1.807) is 6.08 Å². The first-order valence-electron chi connectivity index (χ1n) is 9.15. The van der Waals surface area contributed by atoms with E-state index >= 15 is 0 Å². The van der Waals surface area contributed by atoms with Crippen LogP contribution in [0, 0.1) is 0 Å². The number of benzene rings is 2. The first-order chi connectivity index (χ1) is 12.9. The molecular weight excluding hydrogens is 379 g/mol. The fourth-order valence-electron chi connectivity index (χ4n) is 3.39. The number of halogens is 2. The number of nitrogens with zero attached hydrogens (tertiary/aromatic N) is 2. The molecule has 1 fully saturated rings. The van der Waals surface area contributed by atoms with E-state index in [4.69, 9.17) is 23.2 Å². The summed E-state index contributed by atoms with van der Waals surface area (Å²) in [6, 6.07) is 15.9. The van der Waals surface area contributed by atoms with Crippen molar-refractivity contribution in [2.24, 2.45) is 0 Å². The largest absolute Gasteiger partial charge is 0.334 e. The lowest BCUT2D eigenvalue weighted by molar-refractivity contribution is -0.131. The molecule has 27 heavy (non-hydrogen) atoms. The number of hydrogen-bond donors (Lipinski definition) is 0. The van der Waals surface area contributed by atoms with Gasteiger partial charge in [0.1, 0.15) is 0 Å². The van der Waals surface area contributed by atoms with Crippen LogP contribution < -0.4 is 0 Å². The first-order valence-corrected chi connectivity index (χ1v) is 9.90. The average Bonchev–Trinajstić information content (AvgIpc) is 2.65. The molecule has 1 saturated heterocycles. The van der Waals surface area contributed by atoms with Crippen LogP contribution in [0.2, 0.25) is 10.0 Å². The van der Waals surface area contributed by atoms with E-state index in [1.165, 1.54) is 5.56 Å². The van der Waals surface area contributed by atoms with E-state index in [0.29, 0.717) is 11.1 Å². The molecule has 3 nitrogen and oxygen atoms in total. The van der Waals surface area contributed by atoms with Crippen molar-refractivity contribution in [2.75, 3.05) is 13.1 Å². The third-order valence-electron chi connectivity index (χ3n) is 4.99. The second kappa shape index (κ2) is 8.92. The summed E-state index contributed by atoms with van der Waals surface area (Å²) in [6.45, 7) is 6.72. The molecule has 2 atom stereocenters. The average molecular weight is 403 g/mol. The number of carbonyl (C=O) groups is 1. The smallest absolute Gasteiger partial charge is 0.246 e. The van der Waals surface area contributed by atoms with Crippen molar-refractivity contribution in [1.82, 2.24) is 9.80 Å². The van der Waals surface area contributed by atoms with E-state index in [2.05, 4.69) is 30.9 Å². The highest BCUT2D eigenvalue weighted by molar-refractivity contribution is 6.30. The second-order valence-corrected chi connectivity index (χ2v) is 8.00. The van der Waals surface area contributed by atoms with E-state index in [1.807, 2.05) is 47.4 Å². The maximum atomic E-state index is 12.7. The number of carbonyl (C=O) groups excluding carboxylic acids is 1. The van der Waals surface area contributed by atoms with Gasteiger partial charge in [0.25, 0.3) is 0 Å². The van der Waals surface area contributed by atoms with Crippen LogP contribution in [0.25, 0.3) is 6.08 Å². The van der Waals surface area contributed by atoms with Crippen LogP contribution in [0.4, 0.5) is 0 Å². The molecule has 0 aliphatic carbocycles. The lowest BCUT2D eigenvalue weighted by atomic mass is 10.1. The Bertz CT molecular complexity index is 802. The molecule has 0 aromatic heterocycles. The molecule has 0 saturated carbocycles. The molecule has 0 radical (unpaired) electrons. The van der Waals surface area contributed by atoms with E-state index in [0.717, 1.165) is 30.2 Å². The Labute approximate surface area is 171 Å². The molecule has 2 aromatic carbocycles. The molecule has 1 amide bonds. The number of piperazine rings is 1. The molecule has 0 spiro atoms. The Morgan fingerprint density at radius 1 is 0.963 bits per heavy atom. The van der Waals surface area contributed by atoms with E-state index in [9.17, 15) is 4.79 Å². The van der Waals surface area contributed by atoms with Gasteiger partial charge in [-0.3, -0.25) is 9.69 Å². The van der Waals surface area contributed by atoms with Crippen molar-refractivity contribution in [3.8, 4) is 0 Å². The summed E-state index contributed by atoms with van der Waals surface area (Å²) in [5, 5.41) is 1.45. The zero-order valence-electron chi connectivity index (χ0n) is 15.6. The lowest BCUT2D eigenvalue weighted by Crippen LogP contribution is -2.57. The zero-order chi connectivity index (χ0) is 19.4. The molecule has 1 heterocycles. The van der Waals surface area contributed by atoms with Crippen LogP contribution in [-0.2, 0) is 11.3 Å². The predicted molar refractivity (Wildman–Crippen MR) is 113 cm³/mol. The standard InChI is InChI=1S/C22H24Cl2N2O/c1-16-14-26(22(27)12-7-18-3-8-20(23)9-4-18)17(2)13-25(16)15-19-5-10-21(24)11-6-19/h3-12,16-17H,13-15H2,1-2H3/b12-7+. The monoisotopic (exact) mass is 402 g/mol. The summed E-state index contributed by atoms with van der Waals surface area (Å²) in [5.41, 5.74) is 2.20. The highest BCUT2D eigenvalue weighted by atomic mass is 35.5. The Morgan fingerprint density at radius 3 is 2.19 bits per heavy atom. The summed E-state index contributed by atoms with van der Waals surface area (Å²) in [7, 11) is 0. The zero-order valence-corrected chi connectivity index (χ0v) is 17.1. The van der Waals surface area contributed by atoms with Gasteiger partial charge in [0.2, 0.25) is 5.91 Å². The van der Waals surface area contributed by atoms with Gasteiger partial charge in [-0.25, -0.2) is 0 Å². The van der Waals surface area contributed by atoms with Crippen LogP contribution in [0.1, 0.15) is 25.0 Å². The minimum Gasteiger partial charge on any atom is -0.334 e. The Balaban J connectivity index is 1.61. The van der Waals surface area contributed by atoms with Gasteiger partial charge < -0.3 is 4.90 Å². The fourth-order valence-corrected chi connectivity index (χ4v) is 3.64. The summed E-state index contributed by atoms with van der Waals surface area (Å²) >= 11 is 11.9. The molecule has 0 N–H and O–H groups in total. The normalized spacial score (nSPS) is 21.0. The fraction of sp³-hybridized carbons (Fsp3) is 0.318. The molecule has 5 heteroatoms. The van der Waals surface area contributed by atoms with Crippen molar-refractivity contribution in [3.05, 3.63) is 75.8 Å². The van der Waals surface area contributed by atoms with Crippen molar-refractivity contribution in [1.29, 1.82) is 0 Å². The molecule has 2 unspecified atom stereocenters. The number of rotatable bonds is 4. The minimum atomic E-state index is 0.0513. The summed E-state index contributed by atoms with van der Waals surface area (Å²) in [6.07, 6.45) is 3.50. The molecule has 2 aromatic rings. The minimum absolute atomic E-state index is 0.0513. The molecule has 142 valence electrons. The second-order valence-electron chi connectivity index (χ2n) is 7.13. The van der Waals surface area contributed by atoms with Gasteiger partial charge in [-0.2, -0.15) is 0 Å². The predicted octanol–water partition coefficient (Wildman–Crippen LogP) is 5.13. The molecule has 1 aliphatic heterocycles. The van der Waals surface area contributed by atoms with Crippen molar-refractivity contribution < 1.29 is 4.79 Å². The van der Waals surface area contributed by atoms with Crippen LogP contribution in [0.3, 0.4) is 0 Å². The van der Waals surface area contributed by atoms with Gasteiger partial charge in [0.15, 0.2) is 0 Å². The SMILES string of the molecule is CC1CN(C(=O)/C=C/c2ccc(Cl)cc2)C(C)CN1Cc1ccc(Cl)cc1. The summed E-state index contributed by atoms with van der Waals surface area (Å²) < 4.78 is 0. The van der Waals surface area contributed by atoms with Crippen LogP contribution in [-0.4, -0.2) is 40.9 Å². The summed E-state index contributed by atoms with van der Waals surface area (Å²) in [5.74, 6) is 0.0513. The topological polar surface area (TPSA) is 23.6 Å². The third-order valence-corrected chi connectivity index (χ3v) is 5.49. The number of hydrogen-bond acceptors (Lipinski definition) is 2. The van der Waals surface area contributed by atoms with Gasteiger partial charge >= 0.3 is 0 Å². The molecule has 1 aliphatic rings. The maximum Gasteiger partial charge on any atom is 0.246 e. The molecule has 3 rings (SSSR count).